The first kappa shape index (κ1) is 14.8. The van der Waals surface area contributed by atoms with E-state index >= 15 is 0 Å². The Morgan fingerprint density at radius 2 is 2.10 bits per heavy atom. The Labute approximate surface area is 120 Å². The standard InChI is InChI=1S/C17H22O3/c18-17(19)10-9-14-7-4-8-16(11-14)13-20-12-15-5-2-1-3-6-15/h4,7-11,15H,1-3,5-6,12-13H2,(H,18,19). The minimum Gasteiger partial charge on any atom is -0.478 e. The SMILES string of the molecule is O=C(O)C=Cc1cccc(COCC2CCCCC2)c1. The van der Waals surface area contributed by atoms with Crippen LogP contribution in [0.25, 0.3) is 6.08 Å². The number of hydrogen-bond donors (Lipinski definition) is 1. The lowest BCUT2D eigenvalue weighted by molar-refractivity contribution is -0.131. The molecule has 1 aromatic rings. The summed E-state index contributed by atoms with van der Waals surface area (Å²) in [6, 6.07) is 7.81. The fourth-order valence-electron chi connectivity index (χ4n) is 2.65. The van der Waals surface area contributed by atoms with Crippen molar-refractivity contribution in [3.63, 3.8) is 0 Å². The van der Waals surface area contributed by atoms with Crippen LogP contribution in [-0.2, 0) is 16.1 Å². The molecule has 1 aliphatic rings. The molecule has 0 aromatic heterocycles. The van der Waals surface area contributed by atoms with Gasteiger partial charge in [-0.25, -0.2) is 4.79 Å². The number of carbonyl (C=O) groups is 1. The highest BCUT2D eigenvalue weighted by Gasteiger charge is 2.13. The van der Waals surface area contributed by atoms with E-state index in [1.165, 1.54) is 32.1 Å². The summed E-state index contributed by atoms with van der Waals surface area (Å²) in [6.45, 7) is 1.44. The molecule has 0 spiro atoms. The molecule has 0 heterocycles. The third-order valence-corrected chi connectivity index (χ3v) is 3.72. The summed E-state index contributed by atoms with van der Waals surface area (Å²) in [7, 11) is 0. The van der Waals surface area contributed by atoms with Gasteiger partial charge in [-0.05, 0) is 42.0 Å². The zero-order valence-corrected chi connectivity index (χ0v) is 11.8. The Balaban J connectivity index is 1.80. The molecule has 0 saturated heterocycles. The molecule has 1 saturated carbocycles. The molecule has 0 bridgehead atoms. The predicted octanol–water partition coefficient (Wildman–Crippen LogP) is 3.88. The zero-order valence-electron chi connectivity index (χ0n) is 11.8. The normalized spacial score (nSPS) is 16.6. The molecule has 108 valence electrons. The van der Waals surface area contributed by atoms with Gasteiger partial charge in [0, 0.05) is 12.7 Å². The number of aliphatic carboxylic acids is 1. The third kappa shape index (κ3) is 5.17. The molecule has 1 aliphatic carbocycles. The van der Waals surface area contributed by atoms with Crippen molar-refractivity contribution in [3.05, 3.63) is 41.5 Å². The average molecular weight is 274 g/mol. The van der Waals surface area contributed by atoms with E-state index in [-0.39, 0.29) is 0 Å². The molecule has 20 heavy (non-hydrogen) atoms. The van der Waals surface area contributed by atoms with Crippen LogP contribution in [0.2, 0.25) is 0 Å². The maximum atomic E-state index is 10.5. The first-order valence-electron chi connectivity index (χ1n) is 7.32. The minimum absolute atomic E-state index is 0.602. The number of ether oxygens (including phenoxy) is 1. The molecular weight excluding hydrogens is 252 g/mol. The van der Waals surface area contributed by atoms with E-state index in [2.05, 4.69) is 0 Å². The summed E-state index contributed by atoms with van der Waals surface area (Å²) in [5.74, 6) is -0.206. The Morgan fingerprint density at radius 3 is 2.85 bits per heavy atom. The van der Waals surface area contributed by atoms with Gasteiger partial charge in [-0.1, -0.05) is 37.5 Å². The molecular formula is C17H22O3. The Hall–Kier alpha value is -1.61. The summed E-state index contributed by atoms with van der Waals surface area (Å²) in [4.78, 5) is 10.5. The molecule has 0 aliphatic heterocycles. The first-order valence-corrected chi connectivity index (χ1v) is 7.32. The van der Waals surface area contributed by atoms with Crippen molar-refractivity contribution in [2.75, 3.05) is 6.61 Å². The van der Waals surface area contributed by atoms with Crippen LogP contribution in [0.4, 0.5) is 0 Å². The van der Waals surface area contributed by atoms with Gasteiger partial charge in [-0.2, -0.15) is 0 Å². The molecule has 1 aromatic carbocycles. The maximum Gasteiger partial charge on any atom is 0.328 e. The first-order chi connectivity index (χ1) is 9.74. The highest BCUT2D eigenvalue weighted by Crippen LogP contribution is 2.24. The van der Waals surface area contributed by atoms with Crippen molar-refractivity contribution >= 4 is 12.0 Å². The molecule has 1 N–H and O–H groups in total. The quantitative estimate of drug-likeness (QED) is 0.801. The highest BCUT2D eigenvalue weighted by atomic mass is 16.5. The number of benzene rings is 1. The van der Waals surface area contributed by atoms with Crippen LogP contribution in [0.15, 0.2) is 30.3 Å². The lowest BCUT2D eigenvalue weighted by atomic mass is 9.90. The maximum absolute atomic E-state index is 10.5. The molecule has 0 unspecified atom stereocenters. The van der Waals surface area contributed by atoms with E-state index in [0.29, 0.717) is 6.61 Å². The van der Waals surface area contributed by atoms with Crippen LogP contribution >= 0.6 is 0 Å². The van der Waals surface area contributed by atoms with Crippen LogP contribution in [0.1, 0.15) is 43.2 Å². The molecule has 1 fully saturated rings. The van der Waals surface area contributed by atoms with Gasteiger partial charge in [0.05, 0.1) is 6.61 Å². The van der Waals surface area contributed by atoms with Crippen molar-refractivity contribution in [2.45, 2.75) is 38.7 Å². The average Bonchev–Trinajstić information content (AvgIpc) is 2.47. The second-order valence-corrected chi connectivity index (χ2v) is 5.44. The van der Waals surface area contributed by atoms with Crippen LogP contribution in [0.3, 0.4) is 0 Å². The molecule has 2 rings (SSSR count). The summed E-state index contributed by atoms with van der Waals surface area (Å²) < 4.78 is 5.80. The Kier molecular flexibility index (Phi) is 5.81. The van der Waals surface area contributed by atoms with E-state index in [1.807, 2.05) is 24.3 Å². The van der Waals surface area contributed by atoms with E-state index < -0.39 is 5.97 Å². The van der Waals surface area contributed by atoms with Crippen LogP contribution < -0.4 is 0 Å². The topological polar surface area (TPSA) is 46.5 Å². The largest absolute Gasteiger partial charge is 0.478 e. The fourth-order valence-corrected chi connectivity index (χ4v) is 2.65. The van der Waals surface area contributed by atoms with E-state index in [1.54, 1.807) is 6.08 Å². The van der Waals surface area contributed by atoms with Crippen LogP contribution in [-0.4, -0.2) is 17.7 Å². The van der Waals surface area contributed by atoms with Gasteiger partial charge in [-0.15, -0.1) is 0 Å². The van der Waals surface area contributed by atoms with Crippen molar-refractivity contribution in [2.24, 2.45) is 5.92 Å². The van der Waals surface area contributed by atoms with Crippen molar-refractivity contribution in [1.82, 2.24) is 0 Å². The lowest BCUT2D eigenvalue weighted by Gasteiger charge is -2.21. The van der Waals surface area contributed by atoms with Gasteiger partial charge < -0.3 is 9.84 Å². The van der Waals surface area contributed by atoms with Crippen molar-refractivity contribution in [1.29, 1.82) is 0 Å². The van der Waals surface area contributed by atoms with Gasteiger partial charge in [0.2, 0.25) is 0 Å². The summed E-state index contributed by atoms with van der Waals surface area (Å²) in [5, 5.41) is 8.62. The summed E-state index contributed by atoms with van der Waals surface area (Å²) >= 11 is 0. The van der Waals surface area contributed by atoms with E-state index in [0.717, 1.165) is 29.7 Å². The van der Waals surface area contributed by atoms with Gasteiger partial charge in [0.25, 0.3) is 0 Å². The van der Waals surface area contributed by atoms with Crippen molar-refractivity contribution in [3.8, 4) is 0 Å². The number of hydrogen-bond acceptors (Lipinski definition) is 2. The summed E-state index contributed by atoms with van der Waals surface area (Å²) in [6.07, 6.45) is 9.39. The summed E-state index contributed by atoms with van der Waals surface area (Å²) in [5.41, 5.74) is 1.99. The smallest absolute Gasteiger partial charge is 0.328 e. The predicted molar refractivity (Wildman–Crippen MR) is 79.3 cm³/mol. The molecule has 0 atom stereocenters. The van der Waals surface area contributed by atoms with Crippen LogP contribution in [0, 0.1) is 5.92 Å². The van der Waals surface area contributed by atoms with Crippen molar-refractivity contribution < 1.29 is 14.6 Å². The number of carboxylic acid groups (broad SMARTS) is 1. The monoisotopic (exact) mass is 274 g/mol. The van der Waals surface area contributed by atoms with Gasteiger partial charge in [-0.3, -0.25) is 0 Å². The Morgan fingerprint density at radius 1 is 1.30 bits per heavy atom. The van der Waals surface area contributed by atoms with Gasteiger partial charge in [0.1, 0.15) is 0 Å². The molecule has 3 nitrogen and oxygen atoms in total. The van der Waals surface area contributed by atoms with E-state index in [4.69, 9.17) is 9.84 Å². The third-order valence-electron chi connectivity index (χ3n) is 3.72. The zero-order chi connectivity index (χ0) is 14.2. The molecule has 3 heteroatoms. The molecule has 0 amide bonds. The van der Waals surface area contributed by atoms with Gasteiger partial charge in [0.15, 0.2) is 0 Å². The highest BCUT2D eigenvalue weighted by molar-refractivity contribution is 5.85. The van der Waals surface area contributed by atoms with E-state index in [9.17, 15) is 4.79 Å². The number of carboxylic acids is 1. The van der Waals surface area contributed by atoms with Crippen LogP contribution in [0.5, 0.6) is 0 Å². The molecule has 0 radical (unpaired) electrons. The minimum atomic E-state index is -0.927. The fraction of sp³-hybridized carbons (Fsp3) is 0.471. The lowest BCUT2D eigenvalue weighted by Crippen LogP contribution is -2.13. The second kappa shape index (κ2) is 7.85. The van der Waals surface area contributed by atoms with Gasteiger partial charge >= 0.3 is 5.97 Å². The number of rotatable bonds is 6. The second-order valence-electron chi connectivity index (χ2n) is 5.44. The Bertz CT molecular complexity index is 459.